The fraction of sp³-hybridized carbons (Fsp3) is 0.240. The molecule has 8 nitrogen and oxygen atoms in total. The zero-order valence-electron chi connectivity index (χ0n) is 18.7. The van der Waals surface area contributed by atoms with Crippen LogP contribution in [-0.2, 0) is 21.2 Å². The number of amides is 1. The van der Waals surface area contributed by atoms with Crippen molar-refractivity contribution in [3.8, 4) is 17.2 Å². The Kier molecular flexibility index (Phi) is 7.22. The van der Waals surface area contributed by atoms with Crippen LogP contribution in [0.2, 0.25) is 0 Å². The second-order valence-electron chi connectivity index (χ2n) is 7.74. The minimum atomic E-state index is -3.82. The van der Waals surface area contributed by atoms with Gasteiger partial charge in [-0.3, -0.25) is 9.52 Å². The van der Waals surface area contributed by atoms with Crippen LogP contribution in [0.25, 0.3) is 0 Å². The normalized spacial score (nSPS) is 13.0. The number of hydrogen-bond acceptors (Lipinski definition) is 6. The van der Waals surface area contributed by atoms with Gasteiger partial charge in [-0.1, -0.05) is 12.1 Å². The van der Waals surface area contributed by atoms with Crippen molar-refractivity contribution in [1.29, 1.82) is 0 Å². The van der Waals surface area contributed by atoms with Crippen LogP contribution in [-0.4, -0.2) is 34.6 Å². The monoisotopic (exact) mass is 482 g/mol. The third kappa shape index (κ3) is 5.99. The summed E-state index contributed by atoms with van der Waals surface area (Å²) in [4.78, 5) is 12.4. The molecule has 1 aliphatic heterocycles. The van der Waals surface area contributed by atoms with Crippen molar-refractivity contribution in [3.05, 3.63) is 72.3 Å². The highest BCUT2D eigenvalue weighted by molar-refractivity contribution is 7.92. The summed E-state index contributed by atoms with van der Waals surface area (Å²) >= 11 is 0. The van der Waals surface area contributed by atoms with Gasteiger partial charge in [0.05, 0.1) is 25.2 Å². The molecule has 1 heterocycles. The Labute approximate surface area is 198 Å². The molecule has 0 saturated heterocycles. The summed E-state index contributed by atoms with van der Waals surface area (Å²) in [6, 6.07) is 18.6. The van der Waals surface area contributed by atoms with E-state index in [4.69, 9.17) is 14.2 Å². The molecule has 0 aliphatic carbocycles. The molecule has 0 unspecified atom stereocenters. The van der Waals surface area contributed by atoms with Gasteiger partial charge in [-0.15, -0.1) is 0 Å². The summed E-state index contributed by atoms with van der Waals surface area (Å²) < 4.78 is 44.5. The highest BCUT2D eigenvalue weighted by Crippen LogP contribution is 2.32. The van der Waals surface area contributed by atoms with Crippen LogP contribution in [0, 0.1) is 0 Å². The molecular formula is C25H26N2O6S. The zero-order valence-corrected chi connectivity index (χ0v) is 19.6. The molecule has 0 spiro atoms. The number of benzene rings is 3. The van der Waals surface area contributed by atoms with Gasteiger partial charge in [0, 0.05) is 30.3 Å². The molecule has 9 heteroatoms. The first-order valence-corrected chi connectivity index (χ1v) is 12.4. The quantitative estimate of drug-likeness (QED) is 0.498. The molecular weight excluding hydrogens is 456 g/mol. The number of sulfonamides is 1. The Morgan fingerprint density at radius 3 is 2.44 bits per heavy atom. The Bertz CT molecular complexity index is 1260. The number of methoxy groups -OCH3 is 1. The maximum absolute atomic E-state index is 12.8. The molecule has 1 amide bonds. The van der Waals surface area contributed by atoms with E-state index in [0.29, 0.717) is 48.9 Å². The van der Waals surface area contributed by atoms with Crippen molar-refractivity contribution in [2.45, 2.75) is 24.2 Å². The van der Waals surface area contributed by atoms with E-state index in [-0.39, 0.29) is 10.8 Å². The fourth-order valence-electron chi connectivity index (χ4n) is 3.46. The van der Waals surface area contributed by atoms with Crippen molar-refractivity contribution in [2.75, 3.05) is 30.4 Å². The van der Waals surface area contributed by atoms with Crippen molar-refractivity contribution < 1.29 is 27.4 Å². The number of fused-ring (bicyclic) bond motifs is 1. The van der Waals surface area contributed by atoms with E-state index in [2.05, 4.69) is 10.0 Å². The van der Waals surface area contributed by atoms with Gasteiger partial charge >= 0.3 is 0 Å². The maximum atomic E-state index is 12.8. The molecule has 0 radical (unpaired) electrons. The molecule has 3 aromatic rings. The number of aryl methyl sites for hydroxylation is 1. The van der Waals surface area contributed by atoms with E-state index in [1.807, 2.05) is 24.3 Å². The summed E-state index contributed by atoms with van der Waals surface area (Å²) in [5.41, 5.74) is 1.96. The molecule has 4 rings (SSSR count). The van der Waals surface area contributed by atoms with Crippen LogP contribution < -0.4 is 24.2 Å². The van der Waals surface area contributed by atoms with E-state index in [1.165, 1.54) is 12.1 Å². The van der Waals surface area contributed by atoms with Gasteiger partial charge in [-0.05, 0) is 60.5 Å². The third-order valence-electron chi connectivity index (χ3n) is 5.23. The Hall–Kier alpha value is -3.72. The first-order chi connectivity index (χ1) is 16.4. The number of carbonyl (C=O) groups excluding carboxylic acids is 1. The Morgan fingerprint density at radius 2 is 1.68 bits per heavy atom. The zero-order chi connectivity index (χ0) is 24.0. The van der Waals surface area contributed by atoms with Gasteiger partial charge in [0.15, 0.2) is 11.5 Å². The van der Waals surface area contributed by atoms with E-state index in [0.717, 1.165) is 17.7 Å². The lowest BCUT2D eigenvalue weighted by molar-refractivity contribution is -0.116. The summed E-state index contributed by atoms with van der Waals surface area (Å²) in [5, 5.41) is 2.82. The largest absolute Gasteiger partial charge is 0.497 e. The molecule has 3 aromatic carbocycles. The van der Waals surface area contributed by atoms with E-state index < -0.39 is 10.0 Å². The number of anilines is 2. The average molecular weight is 483 g/mol. The minimum Gasteiger partial charge on any atom is -0.497 e. The molecule has 0 aromatic heterocycles. The van der Waals surface area contributed by atoms with Crippen LogP contribution in [0.15, 0.2) is 71.6 Å². The fourth-order valence-corrected chi connectivity index (χ4v) is 4.53. The topological polar surface area (TPSA) is 103 Å². The summed E-state index contributed by atoms with van der Waals surface area (Å²) in [6.45, 7) is 0.998. The van der Waals surface area contributed by atoms with Crippen molar-refractivity contribution in [1.82, 2.24) is 0 Å². The van der Waals surface area contributed by atoms with Gasteiger partial charge in [0.2, 0.25) is 5.91 Å². The lowest BCUT2D eigenvalue weighted by Crippen LogP contribution is -2.14. The van der Waals surface area contributed by atoms with E-state index in [1.54, 1.807) is 37.4 Å². The Balaban J connectivity index is 1.35. The highest BCUT2D eigenvalue weighted by Gasteiger charge is 2.19. The van der Waals surface area contributed by atoms with Gasteiger partial charge in [-0.25, -0.2) is 8.42 Å². The van der Waals surface area contributed by atoms with Crippen LogP contribution in [0.3, 0.4) is 0 Å². The second-order valence-corrected chi connectivity index (χ2v) is 9.42. The third-order valence-corrected chi connectivity index (χ3v) is 6.60. The lowest BCUT2D eigenvalue weighted by atomic mass is 10.1. The number of hydrogen-bond donors (Lipinski definition) is 2. The number of carbonyl (C=O) groups is 1. The number of rotatable bonds is 8. The maximum Gasteiger partial charge on any atom is 0.262 e. The second kappa shape index (κ2) is 10.5. The summed E-state index contributed by atoms with van der Waals surface area (Å²) in [5.74, 6) is 1.56. The summed E-state index contributed by atoms with van der Waals surface area (Å²) in [7, 11) is -2.22. The molecule has 0 atom stereocenters. The van der Waals surface area contributed by atoms with Gasteiger partial charge in [-0.2, -0.15) is 0 Å². The molecule has 34 heavy (non-hydrogen) atoms. The first-order valence-electron chi connectivity index (χ1n) is 10.9. The standard InChI is InChI=1S/C25H26N2O6S/c1-31-21-5-2-4-18(16-21)6-13-25(28)26-19-7-9-20(10-8-19)27-34(29,30)22-11-12-23-24(17-22)33-15-3-14-32-23/h2,4-5,7-12,16-17,27H,3,6,13-15H2,1H3,(H,26,28). The van der Waals surface area contributed by atoms with Crippen LogP contribution in [0.4, 0.5) is 11.4 Å². The van der Waals surface area contributed by atoms with Crippen molar-refractivity contribution >= 4 is 27.3 Å². The van der Waals surface area contributed by atoms with Gasteiger partial charge in [0.25, 0.3) is 10.0 Å². The van der Waals surface area contributed by atoms with Crippen LogP contribution >= 0.6 is 0 Å². The average Bonchev–Trinajstić information content (AvgIpc) is 3.09. The smallest absolute Gasteiger partial charge is 0.262 e. The molecule has 178 valence electrons. The minimum absolute atomic E-state index is 0.0756. The predicted octanol–water partition coefficient (Wildman–Crippen LogP) is 4.23. The molecule has 1 aliphatic rings. The van der Waals surface area contributed by atoms with E-state index >= 15 is 0 Å². The highest BCUT2D eigenvalue weighted by atomic mass is 32.2. The lowest BCUT2D eigenvalue weighted by Gasteiger charge is -2.12. The predicted molar refractivity (Wildman–Crippen MR) is 129 cm³/mol. The SMILES string of the molecule is COc1cccc(CCC(=O)Nc2ccc(NS(=O)(=O)c3ccc4c(c3)OCCCO4)cc2)c1. The van der Waals surface area contributed by atoms with Crippen LogP contribution in [0.1, 0.15) is 18.4 Å². The molecule has 2 N–H and O–H groups in total. The molecule has 0 bridgehead atoms. The first kappa shape index (κ1) is 23.4. The van der Waals surface area contributed by atoms with E-state index in [9.17, 15) is 13.2 Å². The van der Waals surface area contributed by atoms with Crippen LogP contribution in [0.5, 0.6) is 17.2 Å². The van der Waals surface area contributed by atoms with Gasteiger partial charge in [0.1, 0.15) is 5.75 Å². The van der Waals surface area contributed by atoms with Crippen molar-refractivity contribution in [3.63, 3.8) is 0 Å². The summed E-state index contributed by atoms with van der Waals surface area (Å²) in [6.07, 6.45) is 1.63. The van der Waals surface area contributed by atoms with Gasteiger partial charge < -0.3 is 19.5 Å². The molecule has 0 saturated carbocycles. The Morgan fingerprint density at radius 1 is 0.941 bits per heavy atom. The number of nitrogens with one attached hydrogen (secondary N) is 2. The van der Waals surface area contributed by atoms with Crippen molar-refractivity contribution in [2.24, 2.45) is 0 Å². The molecule has 0 fully saturated rings. The number of ether oxygens (including phenoxy) is 3.